The van der Waals surface area contributed by atoms with Gasteiger partial charge in [0.2, 0.25) is 10.0 Å². The van der Waals surface area contributed by atoms with Crippen molar-refractivity contribution in [2.45, 2.75) is 37.5 Å². The van der Waals surface area contributed by atoms with Gasteiger partial charge in [0.25, 0.3) is 0 Å². The minimum atomic E-state index is -3.54. The number of methoxy groups -OCH3 is 1. The van der Waals surface area contributed by atoms with E-state index in [4.69, 9.17) is 4.74 Å². The van der Waals surface area contributed by atoms with Gasteiger partial charge in [0.1, 0.15) is 0 Å². The van der Waals surface area contributed by atoms with E-state index in [9.17, 15) is 13.2 Å². The summed E-state index contributed by atoms with van der Waals surface area (Å²) in [7, 11) is -2.20. The Morgan fingerprint density at radius 3 is 2.42 bits per heavy atom. The summed E-state index contributed by atoms with van der Waals surface area (Å²) in [5, 5.41) is 0. The Morgan fingerprint density at radius 2 is 1.83 bits per heavy atom. The average molecular weight is 354 g/mol. The number of benzene rings is 1. The summed E-state index contributed by atoms with van der Waals surface area (Å²) < 4.78 is 31.8. The number of sulfonamides is 1. The molecule has 1 aromatic rings. The van der Waals surface area contributed by atoms with Crippen LogP contribution in [0.4, 0.5) is 4.79 Å². The Morgan fingerprint density at radius 1 is 1.17 bits per heavy atom. The van der Waals surface area contributed by atoms with E-state index < -0.39 is 16.1 Å². The van der Waals surface area contributed by atoms with E-state index in [-0.39, 0.29) is 6.54 Å². The smallest absolute Gasteiger partial charge is 0.409 e. The second kappa shape index (κ2) is 7.98. The predicted octanol–water partition coefficient (Wildman–Crippen LogP) is 2.66. The summed E-state index contributed by atoms with van der Waals surface area (Å²) in [6.45, 7) is 5.77. The van der Waals surface area contributed by atoms with E-state index in [0.717, 1.165) is 12.0 Å². The van der Waals surface area contributed by atoms with Crippen molar-refractivity contribution in [3.8, 4) is 0 Å². The zero-order chi connectivity index (χ0) is 17.7. The molecule has 1 atom stereocenters. The molecule has 24 heavy (non-hydrogen) atoms. The van der Waals surface area contributed by atoms with Gasteiger partial charge in [0.15, 0.2) is 0 Å². The molecule has 0 bridgehead atoms. The van der Waals surface area contributed by atoms with E-state index >= 15 is 0 Å². The SMILES string of the molecule is CCC(C)c1ccc(S(=O)(=O)N2CCCN(C(=O)OC)CC2)cc1. The third-order valence-electron chi connectivity index (χ3n) is 4.59. The van der Waals surface area contributed by atoms with Crippen molar-refractivity contribution >= 4 is 16.1 Å². The van der Waals surface area contributed by atoms with E-state index in [1.54, 1.807) is 17.0 Å². The molecule has 1 heterocycles. The first kappa shape index (κ1) is 18.7. The molecular formula is C17H26N2O4S. The van der Waals surface area contributed by atoms with Crippen LogP contribution in [-0.4, -0.2) is 57.0 Å². The highest BCUT2D eigenvalue weighted by atomic mass is 32.2. The average Bonchev–Trinajstić information content (AvgIpc) is 2.87. The third kappa shape index (κ3) is 4.08. The van der Waals surface area contributed by atoms with Gasteiger partial charge in [-0.25, -0.2) is 13.2 Å². The molecule has 7 heteroatoms. The lowest BCUT2D eigenvalue weighted by molar-refractivity contribution is 0.126. The fourth-order valence-electron chi connectivity index (χ4n) is 2.80. The van der Waals surface area contributed by atoms with Gasteiger partial charge in [-0.2, -0.15) is 4.31 Å². The van der Waals surface area contributed by atoms with Gasteiger partial charge in [0.05, 0.1) is 12.0 Å². The molecule has 1 aromatic carbocycles. The quantitative estimate of drug-likeness (QED) is 0.834. The molecule has 1 aliphatic heterocycles. The maximum Gasteiger partial charge on any atom is 0.409 e. The fourth-order valence-corrected chi connectivity index (χ4v) is 4.27. The van der Waals surface area contributed by atoms with Gasteiger partial charge in [-0.3, -0.25) is 0 Å². The van der Waals surface area contributed by atoms with Crippen LogP contribution in [-0.2, 0) is 14.8 Å². The number of nitrogens with zero attached hydrogens (tertiary/aromatic N) is 2. The van der Waals surface area contributed by atoms with E-state index in [0.29, 0.717) is 36.9 Å². The van der Waals surface area contributed by atoms with E-state index in [2.05, 4.69) is 13.8 Å². The fraction of sp³-hybridized carbons (Fsp3) is 0.588. The first-order chi connectivity index (χ1) is 11.4. The normalized spacial score (nSPS) is 18.0. The number of carbonyl (C=O) groups is 1. The molecule has 134 valence electrons. The Hall–Kier alpha value is -1.60. The second-order valence-electron chi connectivity index (χ2n) is 6.09. The summed E-state index contributed by atoms with van der Waals surface area (Å²) in [5.41, 5.74) is 1.14. The first-order valence-corrected chi connectivity index (χ1v) is 9.77. The van der Waals surface area contributed by atoms with E-state index in [1.807, 2.05) is 12.1 Å². The molecule has 0 spiro atoms. The molecule has 0 N–H and O–H groups in total. The monoisotopic (exact) mass is 354 g/mol. The maximum absolute atomic E-state index is 12.8. The highest BCUT2D eigenvalue weighted by molar-refractivity contribution is 7.89. The van der Waals surface area contributed by atoms with Crippen LogP contribution in [0.3, 0.4) is 0 Å². The van der Waals surface area contributed by atoms with Gasteiger partial charge in [0, 0.05) is 26.2 Å². The van der Waals surface area contributed by atoms with Gasteiger partial charge in [-0.15, -0.1) is 0 Å². The molecule has 1 saturated heterocycles. The lowest BCUT2D eigenvalue weighted by Crippen LogP contribution is -2.37. The lowest BCUT2D eigenvalue weighted by Gasteiger charge is -2.21. The molecule has 1 unspecified atom stereocenters. The topological polar surface area (TPSA) is 66.9 Å². The molecule has 6 nitrogen and oxygen atoms in total. The number of rotatable bonds is 4. The van der Waals surface area contributed by atoms with Crippen molar-refractivity contribution < 1.29 is 17.9 Å². The van der Waals surface area contributed by atoms with Crippen LogP contribution in [0.15, 0.2) is 29.2 Å². The van der Waals surface area contributed by atoms with Crippen LogP contribution in [0, 0.1) is 0 Å². The summed E-state index contributed by atoms with van der Waals surface area (Å²) >= 11 is 0. The van der Waals surface area contributed by atoms with Crippen molar-refractivity contribution in [2.24, 2.45) is 0 Å². The molecule has 0 aliphatic carbocycles. The van der Waals surface area contributed by atoms with E-state index in [1.165, 1.54) is 11.4 Å². The lowest BCUT2D eigenvalue weighted by atomic mass is 9.99. The van der Waals surface area contributed by atoms with Gasteiger partial charge in [-0.1, -0.05) is 26.0 Å². The highest BCUT2D eigenvalue weighted by Crippen LogP contribution is 2.23. The van der Waals surface area contributed by atoms with Crippen LogP contribution < -0.4 is 0 Å². The molecule has 0 saturated carbocycles. The summed E-state index contributed by atoms with van der Waals surface area (Å²) in [5.74, 6) is 0.411. The number of hydrogen-bond donors (Lipinski definition) is 0. The number of carbonyl (C=O) groups excluding carboxylic acids is 1. The van der Waals surface area contributed by atoms with Gasteiger partial charge < -0.3 is 9.64 Å². The third-order valence-corrected chi connectivity index (χ3v) is 6.50. The number of hydrogen-bond acceptors (Lipinski definition) is 4. The standard InChI is InChI=1S/C17H26N2O4S/c1-4-14(2)15-6-8-16(9-7-15)24(21,22)19-11-5-10-18(12-13-19)17(20)23-3/h6-9,14H,4-5,10-13H2,1-3H3. The van der Waals surface area contributed by atoms with Crippen LogP contribution in [0.2, 0.25) is 0 Å². The van der Waals surface area contributed by atoms with Crippen molar-refractivity contribution in [1.82, 2.24) is 9.21 Å². The number of ether oxygens (including phenoxy) is 1. The van der Waals surface area contributed by atoms with Crippen molar-refractivity contribution in [3.63, 3.8) is 0 Å². The molecular weight excluding hydrogens is 328 g/mol. The van der Waals surface area contributed by atoms with Crippen molar-refractivity contribution in [2.75, 3.05) is 33.3 Å². The zero-order valence-electron chi connectivity index (χ0n) is 14.6. The Bertz CT molecular complexity index is 658. The second-order valence-corrected chi connectivity index (χ2v) is 8.03. The first-order valence-electron chi connectivity index (χ1n) is 8.33. The molecule has 1 aliphatic rings. The maximum atomic E-state index is 12.8. The van der Waals surface area contributed by atoms with Crippen LogP contribution in [0.5, 0.6) is 0 Å². The zero-order valence-corrected chi connectivity index (χ0v) is 15.4. The van der Waals surface area contributed by atoms with Crippen molar-refractivity contribution in [3.05, 3.63) is 29.8 Å². The molecule has 2 rings (SSSR count). The molecule has 0 aromatic heterocycles. The molecule has 1 fully saturated rings. The van der Waals surface area contributed by atoms with Crippen LogP contribution in [0.1, 0.15) is 38.2 Å². The minimum absolute atomic E-state index is 0.282. The van der Waals surface area contributed by atoms with Crippen LogP contribution in [0.25, 0.3) is 0 Å². The summed E-state index contributed by atoms with van der Waals surface area (Å²) in [6.07, 6.45) is 1.20. The Labute approximate surface area is 144 Å². The molecule has 0 radical (unpaired) electrons. The molecule has 1 amide bonds. The Balaban J connectivity index is 2.13. The van der Waals surface area contributed by atoms with Gasteiger partial charge >= 0.3 is 6.09 Å². The van der Waals surface area contributed by atoms with Gasteiger partial charge in [-0.05, 0) is 36.5 Å². The predicted molar refractivity (Wildman–Crippen MR) is 92.5 cm³/mol. The van der Waals surface area contributed by atoms with Crippen LogP contribution >= 0.6 is 0 Å². The summed E-state index contributed by atoms with van der Waals surface area (Å²) in [6, 6.07) is 7.14. The van der Waals surface area contributed by atoms with Crippen molar-refractivity contribution in [1.29, 1.82) is 0 Å². The highest BCUT2D eigenvalue weighted by Gasteiger charge is 2.28. The Kier molecular flexibility index (Phi) is 6.23. The summed E-state index contributed by atoms with van der Waals surface area (Å²) in [4.78, 5) is 13.5. The minimum Gasteiger partial charge on any atom is -0.453 e. The largest absolute Gasteiger partial charge is 0.453 e. The number of amides is 1.